The number of amides is 3. The molecule has 0 aliphatic carbocycles. The van der Waals surface area contributed by atoms with Crippen LogP contribution in [-0.4, -0.2) is 84.5 Å². The molecular formula is C30H32N6O4. The highest BCUT2D eigenvalue weighted by Crippen LogP contribution is 2.30. The zero-order chi connectivity index (χ0) is 28.3. The van der Waals surface area contributed by atoms with Gasteiger partial charge in [0.15, 0.2) is 0 Å². The molecule has 1 atom stereocenters. The number of urea groups is 1. The maximum absolute atomic E-state index is 13.1. The van der Waals surface area contributed by atoms with E-state index >= 15 is 0 Å². The van der Waals surface area contributed by atoms with Gasteiger partial charge in [-0.1, -0.05) is 36.1 Å². The number of allylic oxidation sites excluding steroid dienone is 1. The SMILES string of the molecule is C/C(O)=C(/CN1CC(c2ccc(C#Cc3ccc(CN4CCOCC4)cc3)cc2)N(CC#N)C1=O)N=CNC=O. The van der Waals surface area contributed by atoms with E-state index in [9.17, 15) is 20.0 Å². The van der Waals surface area contributed by atoms with Crippen LogP contribution in [0.5, 0.6) is 0 Å². The van der Waals surface area contributed by atoms with Gasteiger partial charge in [0.1, 0.15) is 12.3 Å². The van der Waals surface area contributed by atoms with Crippen LogP contribution in [0.1, 0.15) is 35.2 Å². The number of hydrogen-bond donors (Lipinski definition) is 2. The Labute approximate surface area is 234 Å². The summed E-state index contributed by atoms with van der Waals surface area (Å²) in [6, 6.07) is 17.3. The number of carbonyl (C=O) groups is 2. The van der Waals surface area contributed by atoms with Crippen molar-refractivity contribution in [2.24, 2.45) is 4.99 Å². The second kappa shape index (κ2) is 13.9. The molecule has 10 heteroatoms. The monoisotopic (exact) mass is 540 g/mol. The van der Waals surface area contributed by atoms with Gasteiger partial charge >= 0.3 is 6.03 Å². The van der Waals surface area contributed by atoms with E-state index in [-0.39, 0.29) is 36.6 Å². The number of aliphatic hydroxyl groups excluding tert-OH is 1. The molecule has 2 aromatic carbocycles. The molecule has 0 spiro atoms. The molecule has 2 N–H and O–H groups in total. The summed E-state index contributed by atoms with van der Waals surface area (Å²) in [5, 5.41) is 21.6. The van der Waals surface area contributed by atoms with Crippen LogP contribution < -0.4 is 5.32 Å². The number of carbonyl (C=O) groups excluding carboxylic acids is 2. The van der Waals surface area contributed by atoms with Crippen molar-refractivity contribution < 1.29 is 19.4 Å². The Morgan fingerprint density at radius 1 is 1.12 bits per heavy atom. The molecule has 2 aromatic rings. The first-order valence-electron chi connectivity index (χ1n) is 13.0. The lowest BCUT2D eigenvalue weighted by molar-refractivity contribution is -0.108. The van der Waals surface area contributed by atoms with Gasteiger partial charge in [-0.15, -0.1) is 0 Å². The number of nitrogens with one attached hydrogen (secondary N) is 1. The topological polar surface area (TPSA) is 122 Å². The molecule has 2 aliphatic heterocycles. The maximum atomic E-state index is 13.1. The van der Waals surface area contributed by atoms with Crippen LogP contribution in [0.3, 0.4) is 0 Å². The smallest absolute Gasteiger partial charge is 0.321 e. The first kappa shape index (κ1) is 28.4. The fourth-order valence-corrected chi connectivity index (χ4v) is 4.59. The lowest BCUT2D eigenvalue weighted by Crippen LogP contribution is -2.35. The lowest BCUT2D eigenvalue weighted by atomic mass is 10.0. The third kappa shape index (κ3) is 7.48. The molecule has 2 heterocycles. The summed E-state index contributed by atoms with van der Waals surface area (Å²) in [7, 11) is 0. The normalized spacial score (nSPS) is 18.2. The van der Waals surface area contributed by atoms with Crippen molar-refractivity contribution >= 4 is 18.8 Å². The second-order valence-electron chi connectivity index (χ2n) is 9.50. The quantitative estimate of drug-likeness (QED) is 0.126. The standard InChI is InChI=1S/C30H32N6O4/c1-23(38)28(33-21-32-22-37)19-35-20-29(36(13-12-31)30(35)39)27-10-8-25(9-11-27)3-2-24-4-6-26(7-5-24)18-34-14-16-40-17-15-34/h4-11,21-22,29,38H,13-20H2,1H3,(H,32,33,37)/b28-23+. The van der Waals surface area contributed by atoms with E-state index < -0.39 is 0 Å². The van der Waals surface area contributed by atoms with Crippen LogP contribution >= 0.6 is 0 Å². The summed E-state index contributed by atoms with van der Waals surface area (Å²) in [5.74, 6) is 6.34. The van der Waals surface area contributed by atoms with Crippen LogP contribution in [0.15, 0.2) is 65.0 Å². The van der Waals surface area contributed by atoms with Gasteiger partial charge in [0.05, 0.1) is 43.9 Å². The Morgan fingerprint density at radius 3 is 2.38 bits per heavy atom. The van der Waals surface area contributed by atoms with Gasteiger partial charge in [-0.25, -0.2) is 9.79 Å². The molecule has 10 nitrogen and oxygen atoms in total. The van der Waals surface area contributed by atoms with E-state index in [0.29, 0.717) is 13.0 Å². The predicted octanol–water partition coefficient (Wildman–Crippen LogP) is 2.78. The zero-order valence-corrected chi connectivity index (χ0v) is 22.4. The van der Waals surface area contributed by atoms with Crippen molar-refractivity contribution in [3.05, 3.63) is 82.2 Å². The van der Waals surface area contributed by atoms with Crippen molar-refractivity contribution in [2.45, 2.75) is 19.5 Å². The van der Waals surface area contributed by atoms with Crippen molar-refractivity contribution in [3.63, 3.8) is 0 Å². The second-order valence-corrected chi connectivity index (χ2v) is 9.50. The third-order valence-corrected chi connectivity index (χ3v) is 6.76. The fraction of sp³-hybridized carbons (Fsp3) is 0.333. The minimum atomic E-state index is -0.342. The van der Waals surface area contributed by atoms with Gasteiger partial charge in [0.2, 0.25) is 6.41 Å². The van der Waals surface area contributed by atoms with E-state index in [1.807, 2.05) is 36.4 Å². The first-order valence-corrected chi connectivity index (χ1v) is 13.0. The number of nitrogens with zero attached hydrogens (tertiary/aromatic N) is 5. The summed E-state index contributed by atoms with van der Waals surface area (Å²) < 4.78 is 5.41. The molecule has 3 amide bonds. The number of aliphatic imine (C=N–C) groups is 1. The van der Waals surface area contributed by atoms with E-state index in [4.69, 9.17) is 4.74 Å². The summed E-state index contributed by atoms with van der Waals surface area (Å²) in [6.45, 7) is 6.11. The van der Waals surface area contributed by atoms with E-state index in [1.165, 1.54) is 22.3 Å². The van der Waals surface area contributed by atoms with Gasteiger partial charge in [-0.3, -0.25) is 9.69 Å². The van der Waals surface area contributed by atoms with Gasteiger partial charge in [-0.2, -0.15) is 5.26 Å². The Bertz CT molecular complexity index is 1340. The molecule has 0 aromatic heterocycles. The minimum absolute atomic E-state index is 0.0332. The van der Waals surface area contributed by atoms with Crippen molar-refractivity contribution in [1.29, 1.82) is 5.26 Å². The van der Waals surface area contributed by atoms with Crippen LogP contribution in [0.25, 0.3) is 0 Å². The van der Waals surface area contributed by atoms with Crippen LogP contribution in [-0.2, 0) is 16.1 Å². The summed E-state index contributed by atoms with van der Waals surface area (Å²) in [4.78, 5) is 33.0. The highest BCUT2D eigenvalue weighted by molar-refractivity contribution is 5.78. The number of hydrogen-bond acceptors (Lipinski definition) is 7. The molecule has 0 bridgehead atoms. The zero-order valence-electron chi connectivity index (χ0n) is 22.4. The third-order valence-electron chi connectivity index (χ3n) is 6.76. The molecule has 1 unspecified atom stereocenters. The Kier molecular flexibility index (Phi) is 9.89. The highest BCUT2D eigenvalue weighted by Gasteiger charge is 2.38. The van der Waals surface area contributed by atoms with Gasteiger partial charge in [-0.05, 0) is 42.3 Å². The van der Waals surface area contributed by atoms with Gasteiger partial charge < -0.3 is 25.0 Å². The molecule has 0 saturated carbocycles. The Balaban J connectivity index is 1.42. The average molecular weight is 541 g/mol. The molecule has 206 valence electrons. The number of morpholine rings is 1. The molecule has 4 rings (SSSR count). The number of aliphatic hydroxyl groups is 1. The number of benzene rings is 2. The van der Waals surface area contributed by atoms with Crippen molar-refractivity contribution in [3.8, 4) is 17.9 Å². The van der Waals surface area contributed by atoms with Crippen molar-refractivity contribution in [2.75, 3.05) is 45.9 Å². The minimum Gasteiger partial charge on any atom is -0.511 e. The number of ether oxygens (including phenoxy) is 1. The van der Waals surface area contributed by atoms with E-state index in [2.05, 4.69) is 45.3 Å². The Hall–Kier alpha value is -4.64. The summed E-state index contributed by atoms with van der Waals surface area (Å²) in [5.41, 5.74) is 4.13. The van der Waals surface area contributed by atoms with Gasteiger partial charge in [0, 0.05) is 37.3 Å². The fourth-order valence-electron chi connectivity index (χ4n) is 4.59. The van der Waals surface area contributed by atoms with Gasteiger partial charge in [0.25, 0.3) is 0 Å². The number of nitriles is 1. The molecule has 2 fully saturated rings. The number of rotatable bonds is 9. The van der Waals surface area contributed by atoms with Crippen molar-refractivity contribution in [1.82, 2.24) is 20.0 Å². The average Bonchev–Trinajstić information content (AvgIpc) is 3.27. The Morgan fingerprint density at radius 2 is 1.77 bits per heavy atom. The van der Waals surface area contributed by atoms with Crippen LogP contribution in [0, 0.1) is 23.2 Å². The molecule has 2 aliphatic rings. The maximum Gasteiger partial charge on any atom is 0.321 e. The molecule has 0 radical (unpaired) electrons. The first-order chi connectivity index (χ1) is 19.5. The van der Waals surface area contributed by atoms with Crippen LogP contribution in [0.2, 0.25) is 0 Å². The highest BCUT2D eigenvalue weighted by atomic mass is 16.5. The van der Waals surface area contributed by atoms with Crippen LogP contribution in [0.4, 0.5) is 4.79 Å². The molecular weight excluding hydrogens is 508 g/mol. The molecule has 2 saturated heterocycles. The van der Waals surface area contributed by atoms with E-state index in [0.717, 1.165) is 55.9 Å². The lowest BCUT2D eigenvalue weighted by Gasteiger charge is -2.26. The molecule has 40 heavy (non-hydrogen) atoms. The predicted molar refractivity (Wildman–Crippen MR) is 150 cm³/mol. The van der Waals surface area contributed by atoms with E-state index in [1.54, 1.807) is 0 Å². The summed E-state index contributed by atoms with van der Waals surface area (Å²) in [6.07, 6.45) is 1.60. The largest absolute Gasteiger partial charge is 0.511 e. The summed E-state index contributed by atoms with van der Waals surface area (Å²) >= 11 is 0.